The van der Waals surface area contributed by atoms with Gasteiger partial charge in [0, 0.05) is 11.3 Å². The predicted octanol–water partition coefficient (Wildman–Crippen LogP) is 2.58. The molecule has 0 fully saturated rings. The zero-order chi connectivity index (χ0) is 15.7. The van der Waals surface area contributed by atoms with Gasteiger partial charge in [-0.2, -0.15) is 5.10 Å². The van der Waals surface area contributed by atoms with Crippen LogP contribution in [0.1, 0.15) is 21.5 Å². The Morgan fingerprint density at radius 3 is 2.50 bits per heavy atom. The van der Waals surface area contributed by atoms with Crippen molar-refractivity contribution in [2.24, 2.45) is 0 Å². The Morgan fingerprint density at radius 1 is 1.09 bits per heavy atom. The fourth-order valence-corrected chi connectivity index (χ4v) is 2.26. The second kappa shape index (κ2) is 5.37. The van der Waals surface area contributed by atoms with Crippen molar-refractivity contribution in [2.75, 3.05) is 11.5 Å². The average molecular weight is 292 g/mol. The standard InChI is InChI=1S/C17H16N4O/c1-11-5-7-14(8-6-11)21-17(19)15(10-20-21)16(22)12-3-2-4-13(18)9-12/h2-10H,18-19H2,1H3. The van der Waals surface area contributed by atoms with Crippen LogP contribution in [-0.2, 0) is 0 Å². The topological polar surface area (TPSA) is 86.9 Å². The highest BCUT2D eigenvalue weighted by atomic mass is 16.1. The smallest absolute Gasteiger partial charge is 0.198 e. The molecule has 110 valence electrons. The van der Waals surface area contributed by atoms with Crippen LogP contribution in [0.3, 0.4) is 0 Å². The number of carbonyl (C=O) groups is 1. The summed E-state index contributed by atoms with van der Waals surface area (Å²) >= 11 is 0. The molecule has 0 spiro atoms. The van der Waals surface area contributed by atoms with E-state index in [4.69, 9.17) is 11.5 Å². The van der Waals surface area contributed by atoms with Gasteiger partial charge in [-0.1, -0.05) is 29.8 Å². The van der Waals surface area contributed by atoms with Gasteiger partial charge in [0.1, 0.15) is 5.82 Å². The van der Waals surface area contributed by atoms with Gasteiger partial charge < -0.3 is 11.5 Å². The molecule has 2 aromatic carbocycles. The van der Waals surface area contributed by atoms with Crippen LogP contribution < -0.4 is 11.5 Å². The average Bonchev–Trinajstić information content (AvgIpc) is 2.89. The number of nitrogens with two attached hydrogens (primary N) is 2. The molecule has 5 heteroatoms. The van der Waals surface area contributed by atoms with E-state index >= 15 is 0 Å². The van der Waals surface area contributed by atoms with Crippen molar-refractivity contribution >= 4 is 17.3 Å². The summed E-state index contributed by atoms with van der Waals surface area (Å²) in [5.41, 5.74) is 15.2. The zero-order valence-electron chi connectivity index (χ0n) is 12.2. The number of aryl methyl sites for hydroxylation is 1. The zero-order valence-corrected chi connectivity index (χ0v) is 12.2. The molecule has 0 aliphatic rings. The molecule has 0 saturated carbocycles. The van der Waals surface area contributed by atoms with Crippen molar-refractivity contribution in [1.82, 2.24) is 9.78 Å². The summed E-state index contributed by atoms with van der Waals surface area (Å²) in [6, 6.07) is 14.6. The lowest BCUT2D eigenvalue weighted by molar-refractivity contribution is 0.103. The minimum atomic E-state index is -0.192. The molecule has 3 rings (SSSR count). The van der Waals surface area contributed by atoms with Crippen molar-refractivity contribution in [3.63, 3.8) is 0 Å². The van der Waals surface area contributed by atoms with E-state index in [2.05, 4.69) is 5.10 Å². The normalized spacial score (nSPS) is 10.6. The minimum absolute atomic E-state index is 0.192. The van der Waals surface area contributed by atoms with Crippen molar-refractivity contribution in [3.05, 3.63) is 71.4 Å². The molecule has 5 nitrogen and oxygen atoms in total. The van der Waals surface area contributed by atoms with Gasteiger partial charge in [-0.15, -0.1) is 0 Å². The van der Waals surface area contributed by atoms with E-state index in [0.29, 0.717) is 22.6 Å². The van der Waals surface area contributed by atoms with Gasteiger partial charge in [-0.05, 0) is 31.2 Å². The number of nitrogen functional groups attached to an aromatic ring is 2. The predicted molar refractivity (Wildman–Crippen MR) is 87.0 cm³/mol. The number of benzene rings is 2. The van der Waals surface area contributed by atoms with Gasteiger partial charge in [0.15, 0.2) is 5.78 Å². The van der Waals surface area contributed by atoms with Gasteiger partial charge in [-0.3, -0.25) is 4.79 Å². The van der Waals surface area contributed by atoms with Crippen LogP contribution in [0.5, 0.6) is 0 Å². The first kappa shape index (κ1) is 13.9. The molecule has 1 aromatic heterocycles. The molecule has 3 aromatic rings. The summed E-state index contributed by atoms with van der Waals surface area (Å²) < 4.78 is 1.55. The number of hydrogen-bond acceptors (Lipinski definition) is 4. The van der Waals surface area contributed by atoms with Crippen LogP contribution in [0, 0.1) is 6.92 Å². The second-order valence-corrected chi connectivity index (χ2v) is 5.15. The molecule has 0 amide bonds. The third-order valence-electron chi connectivity index (χ3n) is 3.48. The monoisotopic (exact) mass is 292 g/mol. The van der Waals surface area contributed by atoms with Crippen LogP contribution >= 0.6 is 0 Å². The van der Waals surface area contributed by atoms with Crippen LogP contribution in [0.2, 0.25) is 0 Å². The van der Waals surface area contributed by atoms with Crippen molar-refractivity contribution in [3.8, 4) is 5.69 Å². The first-order chi connectivity index (χ1) is 10.6. The third kappa shape index (κ3) is 2.44. The summed E-state index contributed by atoms with van der Waals surface area (Å²) in [6.07, 6.45) is 1.49. The first-order valence-corrected chi connectivity index (χ1v) is 6.87. The fraction of sp³-hybridized carbons (Fsp3) is 0.0588. The molecular formula is C17H16N4O. The van der Waals surface area contributed by atoms with Crippen LogP contribution in [-0.4, -0.2) is 15.6 Å². The van der Waals surface area contributed by atoms with Gasteiger partial charge >= 0.3 is 0 Å². The van der Waals surface area contributed by atoms with Crippen LogP contribution in [0.25, 0.3) is 5.69 Å². The maximum absolute atomic E-state index is 12.5. The van der Waals surface area contributed by atoms with E-state index in [1.54, 1.807) is 28.9 Å². The molecule has 0 radical (unpaired) electrons. The number of anilines is 2. The lowest BCUT2D eigenvalue weighted by atomic mass is 10.1. The number of carbonyl (C=O) groups excluding carboxylic acids is 1. The third-order valence-corrected chi connectivity index (χ3v) is 3.48. The lowest BCUT2D eigenvalue weighted by Gasteiger charge is -2.06. The van der Waals surface area contributed by atoms with Gasteiger partial charge in [0.2, 0.25) is 0 Å². The molecule has 22 heavy (non-hydrogen) atoms. The summed E-state index contributed by atoms with van der Waals surface area (Å²) in [6.45, 7) is 2.00. The SMILES string of the molecule is Cc1ccc(-n2ncc(C(=O)c3cccc(N)c3)c2N)cc1. The van der Waals surface area contributed by atoms with E-state index < -0.39 is 0 Å². The lowest BCUT2D eigenvalue weighted by Crippen LogP contribution is -2.07. The van der Waals surface area contributed by atoms with Crippen molar-refractivity contribution in [1.29, 1.82) is 0 Å². The number of rotatable bonds is 3. The number of aromatic nitrogens is 2. The van der Waals surface area contributed by atoms with Crippen LogP contribution in [0.4, 0.5) is 11.5 Å². The molecule has 0 bridgehead atoms. The Kier molecular flexibility index (Phi) is 3.39. The highest BCUT2D eigenvalue weighted by Crippen LogP contribution is 2.21. The highest BCUT2D eigenvalue weighted by Gasteiger charge is 2.17. The number of nitrogens with zero attached hydrogens (tertiary/aromatic N) is 2. The molecule has 0 atom stereocenters. The molecular weight excluding hydrogens is 276 g/mol. The molecule has 0 unspecified atom stereocenters. The van der Waals surface area contributed by atoms with E-state index in [1.165, 1.54) is 6.20 Å². The Hall–Kier alpha value is -3.08. The summed E-state index contributed by atoms with van der Waals surface area (Å²) in [5.74, 6) is 0.124. The van der Waals surface area contributed by atoms with Crippen molar-refractivity contribution in [2.45, 2.75) is 6.92 Å². The molecule has 4 N–H and O–H groups in total. The Bertz CT molecular complexity index is 834. The number of ketones is 1. The van der Waals surface area contributed by atoms with Gasteiger partial charge in [0.05, 0.1) is 17.4 Å². The fourth-order valence-electron chi connectivity index (χ4n) is 2.26. The molecule has 0 aliphatic heterocycles. The number of hydrogen-bond donors (Lipinski definition) is 2. The molecule has 0 aliphatic carbocycles. The van der Waals surface area contributed by atoms with Crippen molar-refractivity contribution < 1.29 is 4.79 Å². The summed E-state index contributed by atoms with van der Waals surface area (Å²) in [5, 5.41) is 4.22. The Morgan fingerprint density at radius 2 is 1.82 bits per heavy atom. The van der Waals surface area contributed by atoms with E-state index in [0.717, 1.165) is 11.3 Å². The van der Waals surface area contributed by atoms with E-state index in [9.17, 15) is 4.79 Å². The largest absolute Gasteiger partial charge is 0.399 e. The van der Waals surface area contributed by atoms with E-state index in [-0.39, 0.29) is 5.78 Å². The Balaban J connectivity index is 2.00. The highest BCUT2D eigenvalue weighted by molar-refractivity contribution is 6.12. The first-order valence-electron chi connectivity index (χ1n) is 6.87. The summed E-state index contributed by atoms with van der Waals surface area (Å²) in [4.78, 5) is 12.5. The van der Waals surface area contributed by atoms with Crippen LogP contribution in [0.15, 0.2) is 54.7 Å². The van der Waals surface area contributed by atoms with E-state index in [1.807, 2.05) is 31.2 Å². The minimum Gasteiger partial charge on any atom is -0.399 e. The summed E-state index contributed by atoms with van der Waals surface area (Å²) in [7, 11) is 0. The molecule has 1 heterocycles. The maximum Gasteiger partial charge on any atom is 0.198 e. The molecule has 0 saturated heterocycles. The van der Waals surface area contributed by atoms with Gasteiger partial charge in [0.25, 0.3) is 0 Å². The maximum atomic E-state index is 12.5. The quantitative estimate of drug-likeness (QED) is 0.573. The van der Waals surface area contributed by atoms with Gasteiger partial charge in [-0.25, -0.2) is 4.68 Å². The second-order valence-electron chi connectivity index (χ2n) is 5.15. The Labute approximate surface area is 128 Å².